The van der Waals surface area contributed by atoms with E-state index >= 15 is 0 Å². The molecule has 1 aliphatic heterocycles. The van der Waals surface area contributed by atoms with Crippen LogP contribution in [0.2, 0.25) is 0 Å². The normalized spacial score (nSPS) is 20.8. The largest absolute Gasteiger partial charge is 0.481 e. The summed E-state index contributed by atoms with van der Waals surface area (Å²) in [5, 5.41) is 8.55. The Morgan fingerprint density at radius 2 is 2.18 bits per heavy atom. The molecule has 0 radical (unpaired) electrons. The van der Waals surface area contributed by atoms with Crippen LogP contribution in [0.4, 0.5) is 0 Å². The third kappa shape index (κ3) is 5.02. The van der Waals surface area contributed by atoms with Gasteiger partial charge in [-0.25, -0.2) is 0 Å². The average molecular weight is 239 g/mol. The van der Waals surface area contributed by atoms with Crippen molar-refractivity contribution in [3.63, 3.8) is 0 Å². The molecule has 1 unspecified atom stereocenters. The number of likely N-dealkylation sites (tertiary alicyclic amines) is 1. The van der Waals surface area contributed by atoms with Crippen LogP contribution in [0.25, 0.3) is 0 Å². The van der Waals surface area contributed by atoms with E-state index in [4.69, 9.17) is 5.11 Å². The Labute approximate surface area is 102 Å². The number of allylic oxidation sites excluding steroid dienone is 2. The second-order valence-corrected chi connectivity index (χ2v) is 4.55. The quantitative estimate of drug-likeness (QED) is 0.747. The van der Waals surface area contributed by atoms with Crippen LogP contribution in [0, 0.1) is 5.92 Å². The summed E-state index contributed by atoms with van der Waals surface area (Å²) in [5.74, 6) is -0.382. The van der Waals surface area contributed by atoms with Crippen molar-refractivity contribution < 1.29 is 14.7 Å². The summed E-state index contributed by atoms with van der Waals surface area (Å²) in [6.45, 7) is 3.56. The van der Waals surface area contributed by atoms with Gasteiger partial charge in [0.1, 0.15) is 0 Å². The molecule has 1 rings (SSSR count). The van der Waals surface area contributed by atoms with E-state index in [1.165, 1.54) is 0 Å². The van der Waals surface area contributed by atoms with Crippen LogP contribution in [0.1, 0.15) is 39.0 Å². The number of hydrogen-bond donors (Lipinski definition) is 1. The van der Waals surface area contributed by atoms with Gasteiger partial charge in [-0.15, -0.1) is 0 Å². The second-order valence-electron chi connectivity index (χ2n) is 4.55. The Morgan fingerprint density at radius 1 is 1.41 bits per heavy atom. The fraction of sp³-hybridized carbons (Fsp3) is 0.692. The number of carbonyl (C=O) groups is 2. The average Bonchev–Trinajstić information content (AvgIpc) is 2.33. The lowest BCUT2D eigenvalue weighted by atomic mass is 9.94. The Balaban J connectivity index is 2.37. The van der Waals surface area contributed by atoms with E-state index < -0.39 is 5.97 Å². The van der Waals surface area contributed by atoms with Crippen molar-refractivity contribution in [1.29, 1.82) is 0 Å². The van der Waals surface area contributed by atoms with Gasteiger partial charge < -0.3 is 10.0 Å². The summed E-state index contributed by atoms with van der Waals surface area (Å²) in [7, 11) is 0. The highest BCUT2D eigenvalue weighted by molar-refractivity contribution is 5.80. The number of piperidine rings is 1. The molecule has 0 saturated carbocycles. The molecule has 4 heteroatoms. The number of aliphatic carboxylic acids is 1. The van der Waals surface area contributed by atoms with E-state index in [2.05, 4.69) is 6.08 Å². The Kier molecular flexibility index (Phi) is 5.73. The molecular weight excluding hydrogens is 218 g/mol. The molecule has 1 heterocycles. The predicted octanol–water partition coefficient (Wildman–Crippen LogP) is 2.06. The van der Waals surface area contributed by atoms with E-state index in [1.54, 1.807) is 0 Å². The van der Waals surface area contributed by atoms with Gasteiger partial charge >= 0.3 is 5.97 Å². The predicted molar refractivity (Wildman–Crippen MR) is 65.6 cm³/mol. The molecule has 0 aromatic heterocycles. The van der Waals surface area contributed by atoms with Gasteiger partial charge in [0.25, 0.3) is 0 Å². The number of hydrogen-bond acceptors (Lipinski definition) is 2. The summed E-state index contributed by atoms with van der Waals surface area (Å²) in [6.07, 6.45) is 7.44. The molecule has 17 heavy (non-hydrogen) atoms. The molecule has 0 aromatic carbocycles. The van der Waals surface area contributed by atoms with Crippen LogP contribution in [0.5, 0.6) is 0 Å². The number of carbonyl (C=O) groups excluding carboxylic acids is 1. The Bertz CT molecular complexity index is 299. The van der Waals surface area contributed by atoms with Crippen molar-refractivity contribution in [3.8, 4) is 0 Å². The summed E-state index contributed by atoms with van der Waals surface area (Å²) >= 11 is 0. The van der Waals surface area contributed by atoms with Gasteiger partial charge in [-0.1, -0.05) is 12.2 Å². The molecule has 96 valence electrons. The van der Waals surface area contributed by atoms with E-state index in [0.29, 0.717) is 5.92 Å². The lowest BCUT2D eigenvalue weighted by Gasteiger charge is -2.32. The summed E-state index contributed by atoms with van der Waals surface area (Å²) in [4.78, 5) is 24.0. The van der Waals surface area contributed by atoms with E-state index in [0.717, 1.165) is 32.4 Å². The maximum atomic E-state index is 11.8. The summed E-state index contributed by atoms with van der Waals surface area (Å²) < 4.78 is 0. The van der Waals surface area contributed by atoms with Crippen LogP contribution in [-0.4, -0.2) is 35.0 Å². The minimum absolute atomic E-state index is 0.0161. The van der Waals surface area contributed by atoms with Crippen LogP contribution in [-0.2, 0) is 9.59 Å². The highest BCUT2D eigenvalue weighted by Gasteiger charge is 2.22. The number of amides is 1. The van der Waals surface area contributed by atoms with E-state index in [9.17, 15) is 9.59 Å². The number of rotatable bonds is 5. The van der Waals surface area contributed by atoms with E-state index in [1.807, 2.05) is 17.9 Å². The fourth-order valence-corrected chi connectivity index (χ4v) is 2.18. The molecular formula is C13H21NO3. The second kappa shape index (κ2) is 7.09. The molecule has 0 bridgehead atoms. The molecule has 0 aliphatic carbocycles. The number of carboxylic acid groups (broad SMARTS) is 1. The van der Waals surface area contributed by atoms with Gasteiger partial charge in [-0.05, 0) is 32.1 Å². The number of carboxylic acids is 1. The zero-order chi connectivity index (χ0) is 12.7. The molecule has 1 aliphatic rings. The van der Waals surface area contributed by atoms with Gasteiger partial charge in [-0.2, -0.15) is 0 Å². The third-order valence-corrected chi connectivity index (χ3v) is 3.13. The zero-order valence-electron chi connectivity index (χ0n) is 10.4. The zero-order valence-corrected chi connectivity index (χ0v) is 10.4. The first-order valence-corrected chi connectivity index (χ1v) is 6.24. The van der Waals surface area contributed by atoms with Crippen molar-refractivity contribution in [2.75, 3.05) is 13.1 Å². The molecule has 0 aromatic rings. The van der Waals surface area contributed by atoms with Crippen molar-refractivity contribution in [3.05, 3.63) is 12.2 Å². The van der Waals surface area contributed by atoms with Crippen molar-refractivity contribution in [1.82, 2.24) is 4.90 Å². The number of nitrogens with zero attached hydrogens (tertiary/aromatic N) is 1. The molecule has 0 spiro atoms. The monoisotopic (exact) mass is 239 g/mol. The minimum atomic E-state index is -0.902. The Morgan fingerprint density at radius 3 is 2.82 bits per heavy atom. The highest BCUT2D eigenvalue weighted by Crippen LogP contribution is 2.20. The van der Waals surface area contributed by atoms with E-state index in [-0.39, 0.29) is 18.7 Å². The molecule has 1 amide bonds. The maximum Gasteiger partial charge on any atom is 0.303 e. The maximum absolute atomic E-state index is 11.8. The topological polar surface area (TPSA) is 57.6 Å². The van der Waals surface area contributed by atoms with Crippen LogP contribution < -0.4 is 0 Å². The standard InChI is InChI=1S/C13H21NO3/c1-2-3-5-11-6-4-9-14(10-11)12(15)7-8-13(16)17/h2-3,11H,4-10H2,1H3,(H,16,17)/b3-2+. The lowest BCUT2D eigenvalue weighted by molar-refractivity contribution is -0.141. The van der Waals surface area contributed by atoms with Gasteiger partial charge in [0.15, 0.2) is 0 Å². The Hall–Kier alpha value is -1.32. The van der Waals surface area contributed by atoms with Gasteiger partial charge in [0.2, 0.25) is 5.91 Å². The van der Waals surface area contributed by atoms with Crippen molar-refractivity contribution >= 4 is 11.9 Å². The van der Waals surface area contributed by atoms with Gasteiger partial charge in [-0.3, -0.25) is 9.59 Å². The minimum Gasteiger partial charge on any atom is -0.481 e. The molecule has 1 atom stereocenters. The summed E-state index contributed by atoms with van der Waals surface area (Å²) in [6, 6.07) is 0. The third-order valence-electron chi connectivity index (χ3n) is 3.13. The van der Waals surface area contributed by atoms with Gasteiger partial charge in [0, 0.05) is 19.5 Å². The first-order valence-electron chi connectivity index (χ1n) is 6.24. The highest BCUT2D eigenvalue weighted by atomic mass is 16.4. The fourth-order valence-electron chi connectivity index (χ4n) is 2.18. The molecule has 1 N–H and O–H groups in total. The lowest BCUT2D eigenvalue weighted by Crippen LogP contribution is -2.39. The first kappa shape index (κ1) is 13.7. The first-order chi connectivity index (χ1) is 8.13. The van der Waals surface area contributed by atoms with Crippen LogP contribution in [0.3, 0.4) is 0 Å². The van der Waals surface area contributed by atoms with Crippen LogP contribution in [0.15, 0.2) is 12.2 Å². The van der Waals surface area contributed by atoms with Gasteiger partial charge in [0.05, 0.1) is 6.42 Å². The molecule has 1 fully saturated rings. The smallest absolute Gasteiger partial charge is 0.303 e. The summed E-state index contributed by atoms with van der Waals surface area (Å²) in [5.41, 5.74) is 0. The molecule has 1 saturated heterocycles. The van der Waals surface area contributed by atoms with Crippen LogP contribution >= 0.6 is 0 Å². The SMILES string of the molecule is C/C=C/CC1CCCN(C(=O)CCC(=O)O)C1. The molecule has 4 nitrogen and oxygen atoms in total. The van der Waals surface area contributed by atoms with Crippen molar-refractivity contribution in [2.24, 2.45) is 5.92 Å². The van der Waals surface area contributed by atoms with Crippen molar-refractivity contribution in [2.45, 2.75) is 39.0 Å².